The van der Waals surface area contributed by atoms with E-state index in [-0.39, 0.29) is 18.6 Å². The molecule has 0 saturated heterocycles. The zero-order valence-corrected chi connectivity index (χ0v) is 11.2. The van der Waals surface area contributed by atoms with Crippen molar-refractivity contribution in [1.29, 1.82) is 0 Å². The first-order valence-corrected chi connectivity index (χ1v) is 7.04. The summed E-state index contributed by atoms with van der Waals surface area (Å²) in [6.07, 6.45) is 4.68. The highest BCUT2D eigenvalue weighted by molar-refractivity contribution is 5.87. The van der Waals surface area contributed by atoms with Gasteiger partial charge >= 0.3 is 0 Å². The van der Waals surface area contributed by atoms with E-state index in [1.807, 2.05) is 18.2 Å². The first-order valence-electron chi connectivity index (χ1n) is 7.04. The minimum absolute atomic E-state index is 0.0818. The van der Waals surface area contributed by atoms with Gasteiger partial charge in [-0.15, -0.1) is 0 Å². The SMILES string of the molecule is O=C(NCCCCCCO)[C@@H]1Cc2ccccc2N1. The predicted octanol–water partition coefficient (Wildman–Crippen LogP) is 1.69. The smallest absolute Gasteiger partial charge is 0.242 e. The van der Waals surface area contributed by atoms with Crippen molar-refractivity contribution in [1.82, 2.24) is 5.32 Å². The number of nitrogens with one attached hydrogen (secondary N) is 2. The molecule has 2 rings (SSSR count). The Labute approximate surface area is 114 Å². The third kappa shape index (κ3) is 3.96. The van der Waals surface area contributed by atoms with Gasteiger partial charge < -0.3 is 15.7 Å². The number of aliphatic hydroxyl groups is 1. The van der Waals surface area contributed by atoms with Crippen LogP contribution in [0.15, 0.2) is 24.3 Å². The quantitative estimate of drug-likeness (QED) is 0.655. The van der Waals surface area contributed by atoms with Gasteiger partial charge in [-0.05, 0) is 24.5 Å². The van der Waals surface area contributed by atoms with E-state index in [0.717, 1.165) is 44.3 Å². The van der Waals surface area contributed by atoms with Gasteiger partial charge in [-0.2, -0.15) is 0 Å². The molecule has 1 amide bonds. The normalized spacial score (nSPS) is 16.8. The Morgan fingerprint density at radius 3 is 2.84 bits per heavy atom. The van der Waals surface area contributed by atoms with E-state index in [0.29, 0.717) is 0 Å². The molecular weight excluding hydrogens is 240 g/mol. The number of carbonyl (C=O) groups excluding carboxylic acids is 1. The second-order valence-corrected chi connectivity index (χ2v) is 4.99. The summed E-state index contributed by atoms with van der Waals surface area (Å²) in [5.74, 6) is 0.0818. The van der Waals surface area contributed by atoms with Crippen molar-refractivity contribution < 1.29 is 9.90 Å². The van der Waals surface area contributed by atoms with Crippen molar-refractivity contribution in [2.45, 2.75) is 38.1 Å². The molecule has 0 aliphatic carbocycles. The van der Waals surface area contributed by atoms with Crippen molar-refractivity contribution >= 4 is 11.6 Å². The van der Waals surface area contributed by atoms with Gasteiger partial charge in [-0.1, -0.05) is 31.0 Å². The average Bonchev–Trinajstić information content (AvgIpc) is 2.86. The first-order chi connectivity index (χ1) is 9.31. The number of carbonyl (C=O) groups is 1. The van der Waals surface area contributed by atoms with Crippen LogP contribution in [0.1, 0.15) is 31.2 Å². The number of anilines is 1. The van der Waals surface area contributed by atoms with Crippen molar-refractivity contribution in [2.75, 3.05) is 18.5 Å². The van der Waals surface area contributed by atoms with Gasteiger partial charge in [-0.3, -0.25) is 4.79 Å². The summed E-state index contributed by atoms with van der Waals surface area (Å²) in [5, 5.41) is 14.9. The standard InChI is InChI=1S/C15H22N2O2/c18-10-6-2-1-5-9-16-15(19)14-11-12-7-3-4-8-13(12)17-14/h3-4,7-8,14,17-18H,1-2,5-6,9-11H2,(H,16,19)/t14-/m0/s1. The predicted molar refractivity (Wildman–Crippen MR) is 76.1 cm³/mol. The molecule has 1 heterocycles. The zero-order chi connectivity index (χ0) is 13.5. The average molecular weight is 262 g/mol. The Balaban J connectivity index is 1.66. The largest absolute Gasteiger partial charge is 0.396 e. The van der Waals surface area contributed by atoms with E-state index in [1.165, 1.54) is 5.56 Å². The zero-order valence-electron chi connectivity index (χ0n) is 11.2. The van der Waals surface area contributed by atoms with Crippen LogP contribution in [0.3, 0.4) is 0 Å². The highest BCUT2D eigenvalue weighted by Crippen LogP contribution is 2.24. The van der Waals surface area contributed by atoms with Crippen molar-refractivity contribution in [3.05, 3.63) is 29.8 Å². The van der Waals surface area contributed by atoms with E-state index in [9.17, 15) is 4.79 Å². The van der Waals surface area contributed by atoms with Crippen molar-refractivity contribution in [3.63, 3.8) is 0 Å². The molecule has 1 aromatic rings. The number of aliphatic hydroxyl groups excluding tert-OH is 1. The molecule has 1 aromatic carbocycles. The van der Waals surface area contributed by atoms with Crippen LogP contribution in [0.5, 0.6) is 0 Å². The Kier molecular flexibility index (Phi) is 5.21. The Morgan fingerprint density at radius 2 is 2.05 bits per heavy atom. The fourth-order valence-electron chi connectivity index (χ4n) is 2.38. The number of amides is 1. The van der Waals surface area contributed by atoms with Gasteiger partial charge in [-0.25, -0.2) is 0 Å². The summed E-state index contributed by atoms with van der Waals surface area (Å²) in [6.45, 7) is 0.982. The van der Waals surface area contributed by atoms with Crippen LogP contribution in [0.25, 0.3) is 0 Å². The maximum absolute atomic E-state index is 12.0. The lowest BCUT2D eigenvalue weighted by Crippen LogP contribution is -2.38. The summed E-state index contributed by atoms with van der Waals surface area (Å²) >= 11 is 0. The van der Waals surface area contributed by atoms with Crippen LogP contribution >= 0.6 is 0 Å². The molecule has 0 spiro atoms. The molecule has 1 aliphatic rings. The summed E-state index contributed by atoms with van der Waals surface area (Å²) in [6, 6.07) is 7.92. The Bertz CT molecular complexity index is 395. The topological polar surface area (TPSA) is 61.4 Å². The van der Waals surface area contributed by atoms with Crippen LogP contribution in [-0.2, 0) is 11.2 Å². The van der Waals surface area contributed by atoms with Gasteiger partial charge in [0.2, 0.25) is 5.91 Å². The van der Waals surface area contributed by atoms with Gasteiger partial charge in [0, 0.05) is 25.3 Å². The van der Waals surface area contributed by atoms with Crippen LogP contribution in [-0.4, -0.2) is 30.2 Å². The molecule has 0 fully saturated rings. The number of unbranched alkanes of at least 4 members (excludes halogenated alkanes) is 3. The first kappa shape index (κ1) is 13.9. The third-order valence-corrected chi connectivity index (χ3v) is 3.47. The maximum atomic E-state index is 12.0. The molecule has 4 heteroatoms. The van der Waals surface area contributed by atoms with Gasteiger partial charge in [0.15, 0.2) is 0 Å². The van der Waals surface area contributed by atoms with E-state index >= 15 is 0 Å². The highest BCUT2D eigenvalue weighted by Gasteiger charge is 2.25. The highest BCUT2D eigenvalue weighted by atomic mass is 16.2. The van der Waals surface area contributed by atoms with Crippen LogP contribution in [0, 0.1) is 0 Å². The van der Waals surface area contributed by atoms with Crippen molar-refractivity contribution in [2.24, 2.45) is 0 Å². The van der Waals surface area contributed by atoms with Crippen LogP contribution < -0.4 is 10.6 Å². The molecule has 0 saturated carbocycles. The van der Waals surface area contributed by atoms with E-state index < -0.39 is 0 Å². The molecular formula is C15H22N2O2. The summed E-state index contributed by atoms with van der Waals surface area (Å²) < 4.78 is 0. The summed E-state index contributed by atoms with van der Waals surface area (Å²) in [7, 11) is 0. The molecule has 0 unspecified atom stereocenters. The van der Waals surface area contributed by atoms with Crippen LogP contribution in [0.2, 0.25) is 0 Å². The number of para-hydroxylation sites is 1. The number of hydrogen-bond acceptors (Lipinski definition) is 3. The lowest BCUT2D eigenvalue weighted by atomic mass is 10.1. The lowest BCUT2D eigenvalue weighted by molar-refractivity contribution is -0.121. The molecule has 0 bridgehead atoms. The fraction of sp³-hybridized carbons (Fsp3) is 0.533. The molecule has 0 radical (unpaired) electrons. The van der Waals surface area contributed by atoms with E-state index in [2.05, 4.69) is 16.7 Å². The lowest BCUT2D eigenvalue weighted by Gasteiger charge is -2.11. The van der Waals surface area contributed by atoms with Gasteiger partial charge in [0.05, 0.1) is 0 Å². The molecule has 19 heavy (non-hydrogen) atoms. The number of benzene rings is 1. The molecule has 0 aromatic heterocycles. The molecule has 1 atom stereocenters. The monoisotopic (exact) mass is 262 g/mol. The minimum atomic E-state index is -0.130. The summed E-state index contributed by atoms with van der Waals surface area (Å²) in [4.78, 5) is 12.0. The molecule has 104 valence electrons. The molecule has 1 aliphatic heterocycles. The number of rotatable bonds is 7. The molecule has 4 nitrogen and oxygen atoms in total. The maximum Gasteiger partial charge on any atom is 0.242 e. The molecule has 3 N–H and O–H groups in total. The van der Waals surface area contributed by atoms with Gasteiger partial charge in [0.1, 0.15) is 6.04 Å². The second kappa shape index (κ2) is 7.14. The third-order valence-electron chi connectivity index (χ3n) is 3.47. The van der Waals surface area contributed by atoms with Crippen molar-refractivity contribution in [3.8, 4) is 0 Å². The Morgan fingerprint density at radius 1 is 1.26 bits per heavy atom. The second-order valence-electron chi connectivity index (χ2n) is 4.99. The fourth-order valence-corrected chi connectivity index (χ4v) is 2.38. The number of hydrogen-bond donors (Lipinski definition) is 3. The minimum Gasteiger partial charge on any atom is -0.396 e. The Hall–Kier alpha value is -1.55. The number of fused-ring (bicyclic) bond motifs is 1. The van der Waals surface area contributed by atoms with E-state index in [1.54, 1.807) is 0 Å². The van der Waals surface area contributed by atoms with E-state index in [4.69, 9.17) is 5.11 Å². The van der Waals surface area contributed by atoms with Crippen LogP contribution in [0.4, 0.5) is 5.69 Å². The van der Waals surface area contributed by atoms with Gasteiger partial charge in [0.25, 0.3) is 0 Å². The summed E-state index contributed by atoms with van der Waals surface area (Å²) in [5.41, 5.74) is 2.29.